The van der Waals surface area contributed by atoms with Crippen LogP contribution in [0.3, 0.4) is 0 Å². The van der Waals surface area contributed by atoms with E-state index in [9.17, 15) is 0 Å². The largest absolute Gasteiger partial charge is 0.0617 e. The van der Waals surface area contributed by atoms with Crippen molar-refractivity contribution in [2.45, 2.75) is 120 Å². The molecular weight excluding hydrogens is 432 g/mol. The van der Waals surface area contributed by atoms with Crippen molar-refractivity contribution >= 4 is 0 Å². The molecular formula is C36H54. The van der Waals surface area contributed by atoms with Crippen molar-refractivity contribution < 1.29 is 0 Å². The third-order valence-corrected chi connectivity index (χ3v) is 7.26. The molecule has 198 valence electrons. The second-order valence-electron chi connectivity index (χ2n) is 9.50. The lowest BCUT2D eigenvalue weighted by atomic mass is 9.96. The minimum absolute atomic E-state index is 1.15. The molecule has 0 radical (unpaired) electrons. The van der Waals surface area contributed by atoms with Crippen LogP contribution in [0.5, 0.6) is 0 Å². The lowest BCUT2D eigenvalue weighted by Gasteiger charge is -2.10. The van der Waals surface area contributed by atoms with E-state index in [0.717, 1.165) is 51.4 Å². The van der Waals surface area contributed by atoms with Gasteiger partial charge in [-0.2, -0.15) is 0 Å². The Morgan fingerprint density at radius 1 is 0.333 bits per heavy atom. The topological polar surface area (TPSA) is 0 Å². The first-order valence-electron chi connectivity index (χ1n) is 14.8. The van der Waals surface area contributed by atoms with Crippen LogP contribution >= 0.6 is 0 Å². The highest BCUT2D eigenvalue weighted by Gasteiger charge is 2.02. The van der Waals surface area contributed by atoms with Crippen molar-refractivity contribution in [1.29, 1.82) is 0 Å². The molecule has 36 heavy (non-hydrogen) atoms. The van der Waals surface area contributed by atoms with Gasteiger partial charge in [0, 0.05) is 0 Å². The summed E-state index contributed by atoms with van der Waals surface area (Å²) >= 11 is 0. The molecule has 0 N–H and O–H groups in total. The fraction of sp³-hybridized carbons (Fsp3) is 0.500. The highest BCUT2D eigenvalue weighted by atomic mass is 14.1. The first kappa shape index (κ1) is 31.7. The predicted molar refractivity (Wildman–Crippen MR) is 164 cm³/mol. The zero-order valence-electron chi connectivity index (χ0n) is 25.1. The Bertz CT molecular complexity index is 928. The molecule has 0 heteroatoms. The molecule has 0 spiro atoms. The summed E-state index contributed by atoms with van der Waals surface area (Å²) in [5.74, 6) is 0. The van der Waals surface area contributed by atoms with E-state index < -0.39 is 0 Å². The maximum Gasteiger partial charge on any atom is -0.0302 e. The van der Waals surface area contributed by atoms with Crippen LogP contribution in [0.1, 0.15) is 112 Å². The monoisotopic (exact) mass is 486 g/mol. The molecule has 0 saturated carbocycles. The van der Waals surface area contributed by atoms with Gasteiger partial charge in [0.25, 0.3) is 0 Å². The van der Waals surface area contributed by atoms with Crippen LogP contribution < -0.4 is 0 Å². The fourth-order valence-electron chi connectivity index (χ4n) is 4.83. The number of benzene rings is 3. The standard InChI is InChI=1S/3C12H18/c1-4-10-7-11(5-2)9-12(6-3)8-10;1-4-10-7-8-11(5-2)12(6-3)9-10;1-4-10-8-7-9-11(5-2)12(10)6-3/h3*7-9H,4-6H2,1-3H3. The molecule has 0 heterocycles. The molecule has 0 fully saturated rings. The van der Waals surface area contributed by atoms with Crippen molar-refractivity contribution in [2.24, 2.45) is 0 Å². The molecule has 0 aliphatic heterocycles. The molecule has 0 nitrogen and oxygen atoms in total. The maximum absolute atomic E-state index is 2.35. The van der Waals surface area contributed by atoms with E-state index in [4.69, 9.17) is 0 Å². The van der Waals surface area contributed by atoms with E-state index >= 15 is 0 Å². The van der Waals surface area contributed by atoms with Crippen LogP contribution in [0.25, 0.3) is 0 Å². The number of hydrogen-bond acceptors (Lipinski definition) is 0. The smallest absolute Gasteiger partial charge is 0.0302 e. The van der Waals surface area contributed by atoms with Gasteiger partial charge in [-0.3, -0.25) is 0 Å². The van der Waals surface area contributed by atoms with Crippen molar-refractivity contribution in [1.82, 2.24) is 0 Å². The molecule has 0 aliphatic rings. The summed E-state index contributed by atoms with van der Waals surface area (Å²) in [6.45, 7) is 20.0. The number of aryl methyl sites for hydroxylation is 8. The fourth-order valence-corrected chi connectivity index (χ4v) is 4.83. The lowest BCUT2D eigenvalue weighted by molar-refractivity contribution is 0.981. The molecule has 0 unspecified atom stereocenters. The minimum Gasteiger partial charge on any atom is -0.0617 e. The maximum atomic E-state index is 2.35. The third-order valence-electron chi connectivity index (χ3n) is 7.26. The average Bonchev–Trinajstić information content (AvgIpc) is 2.96. The van der Waals surface area contributed by atoms with Gasteiger partial charge in [0.15, 0.2) is 0 Å². The molecule has 0 aromatic heterocycles. The van der Waals surface area contributed by atoms with Gasteiger partial charge < -0.3 is 0 Å². The van der Waals surface area contributed by atoms with E-state index in [2.05, 4.69) is 117 Å². The highest BCUT2D eigenvalue weighted by Crippen LogP contribution is 2.17. The van der Waals surface area contributed by atoms with Gasteiger partial charge in [-0.15, -0.1) is 0 Å². The Morgan fingerprint density at radius 2 is 0.750 bits per heavy atom. The van der Waals surface area contributed by atoms with Gasteiger partial charge in [-0.1, -0.05) is 117 Å². The summed E-state index contributed by atoms with van der Waals surface area (Å²) in [5.41, 5.74) is 13.6. The molecule has 3 aromatic carbocycles. The van der Waals surface area contributed by atoms with E-state index in [1.165, 1.54) is 50.9 Å². The van der Waals surface area contributed by atoms with Crippen molar-refractivity contribution in [3.8, 4) is 0 Å². The summed E-state index contributed by atoms with van der Waals surface area (Å²) in [5, 5.41) is 0. The van der Waals surface area contributed by atoms with Crippen LogP contribution in [0.4, 0.5) is 0 Å². The minimum atomic E-state index is 1.15. The van der Waals surface area contributed by atoms with Crippen LogP contribution in [0.2, 0.25) is 0 Å². The van der Waals surface area contributed by atoms with Gasteiger partial charge in [-0.05, 0) is 108 Å². The second-order valence-corrected chi connectivity index (χ2v) is 9.50. The summed E-state index contributed by atoms with van der Waals surface area (Å²) < 4.78 is 0. The second kappa shape index (κ2) is 18.0. The van der Waals surface area contributed by atoms with Crippen LogP contribution in [0, 0.1) is 0 Å². The zero-order chi connectivity index (χ0) is 26.9. The molecule has 0 bridgehead atoms. The third kappa shape index (κ3) is 9.96. The predicted octanol–water partition coefficient (Wildman–Crippen LogP) is 10.1. The van der Waals surface area contributed by atoms with Gasteiger partial charge in [0.2, 0.25) is 0 Å². The summed E-state index contributed by atoms with van der Waals surface area (Å²) in [6.07, 6.45) is 10.4. The average molecular weight is 487 g/mol. The normalized spacial score (nSPS) is 10.2. The van der Waals surface area contributed by atoms with Crippen molar-refractivity contribution in [3.05, 3.63) is 105 Å². The first-order chi connectivity index (χ1) is 17.4. The Balaban J connectivity index is 0.000000270. The molecule has 0 saturated heterocycles. The quantitative estimate of drug-likeness (QED) is 0.282. The molecule has 0 aliphatic carbocycles. The van der Waals surface area contributed by atoms with Crippen molar-refractivity contribution in [3.63, 3.8) is 0 Å². The first-order valence-corrected chi connectivity index (χ1v) is 14.8. The number of rotatable bonds is 9. The van der Waals surface area contributed by atoms with Crippen LogP contribution in [0.15, 0.2) is 54.6 Å². The Labute approximate surface area is 224 Å². The van der Waals surface area contributed by atoms with Gasteiger partial charge >= 0.3 is 0 Å². The Kier molecular flexibility index (Phi) is 15.8. The van der Waals surface area contributed by atoms with Crippen molar-refractivity contribution in [2.75, 3.05) is 0 Å². The van der Waals surface area contributed by atoms with Gasteiger partial charge in [0.1, 0.15) is 0 Å². The van der Waals surface area contributed by atoms with E-state index in [1.54, 1.807) is 5.56 Å². The van der Waals surface area contributed by atoms with Gasteiger partial charge in [-0.25, -0.2) is 0 Å². The summed E-state index contributed by atoms with van der Waals surface area (Å²) in [4.78, 5) is 0. The SMILES string of the molecule is CCc1cc(CC)cc(CC)c1.CCc1ccc(CC)c(CC)c1.CCc1cccc(CC)c1CC. The summed E-state index contributed by atoms with van der Waals surface area (Å²) in [6, 6.07) is 20.5. The number of hydrogen-bond donors (Lipinski definition) is 0. The Morgan fingerprint density at radius 3 is 1.08 bits per heavy atom. The molecule has 3 aromatic rings. The molecule has 0 amide bonds. The van der Waals surface area contributed by atoms with E-state index in [1.807, 2.05) is 0 Å². The van der Waals surface area contributed by atoms with Crippen LogP contribution in [-0.4, -0.2) is 0 Å². The van der Waals surface area contributed by atoms with E-state index in [0.29, 0.717) is 0 Å². The van der Waals surface area contributed by atoms with Crippen LogP contribution in [-0.2, 0) is 57.8 Å². The highest BCUT2D eigenvalue weighted by molar-refractivity contribution is 5.35. The molecule has 3 rings (SSSR count). The zero-order valence-corrected chi connectivity index (χ0v) is 25.1. The summed E-state index contributed by atoms with van der Waals surface area (Å²) in [7, 11) is 0. The van der Waals surface area contributed by atoms with Gasteiger partial charge in [0.05, 0.1) is 0 Å². The lowest BCUT2D eigenvalue weighted by Crippen LogP contribution is -1.96. The molecule has 0 atom stereocenters. The Hall–Kier alpha value is -2.34. The van der Waals surface area contributed by atoms with E-state index in [-0.39, 0.29) is 0 Å².